The highest BCUT2D eigenvalue weighted by molar-refractivity contribution is 8.00. The molecule has 1 fully saturated rings. The lowest BCUT2D eigenvalue weighted by atomic mass is 10.0. The largest absolute Gasteiger partial charge is 0.478 e. The lowest BCUT2D eigenvalue weighted by molar-refractivity contribution is -0.119. The van der Waals surface area contributed by atoms with Crippen LogP contribution in [0.5, 0.6) is 0 Å². The summed E-state index contributed by atoms with van der Waals surface area (Å²) in [6.07, 6.45) is 1.67. The van der Waals surface area contributed by atoms with Crippen molar-refractivity contribution in [2.24, 2.45) is 0 Å². The quantitative estimate of drug-likeness (QED) is 0.573. The van der Waals surface area contributed by atoms with Gasteiger partial charge in [0, 0.05) is 30.6 Å². The number of hydrogen-bond acceptors (Lipinski definition) is 4. The molecule has 30 heavy (non-hydrogen) atoms. The first-order valence-electron chi connectivity index (χ1n) is 9.43. The van der Waals surface area contributed by atoms with Gasteiger partial charge in [-0.3, -0.25) is 9.69 Å². The van der Waals surface area contributed by atoms with Crippen molar-refractivity contribution in [3.63, 3.8) is 0 Å². The number of rotatable bonds is 7. The molecule has 1 saturated heterocycles. The minimum Gasteiger partial charge on any atom is -0.478 e. The summed E-state index contributed by atoms with van der Waals surface area (Å²) < 4.78 is 14.0. The maximum Gasteiger partial charge on any atom is 0.335 e. The van der Waals surface area contributed by atoms with Crippen LogP contribution in [-0.2, 0) is 11.3 Å². The normalized spacial score (nSPS) is 15.2. The third-order valence-electron chi connectivity index (χ3n) is 4.88. The molecule has 1 heterocycles. The number of aromatic carboxylic acids is 1. The van der Waals surface area contributed by atoms with Gasteiger partial charge in [-0.15, -0.1) is 11.8 Å². The lowest BCUT2D eigenvalue weighted by Crippen LogP contribution is -2.44. The molecule has 1 aliphatic rings. The Morgan fingerprint density at radius 1 is 1.13 bits per heavy atom. The van der Waals surface area contributed by atoms with Gasteiger partial charge in [0.25, 0.3) is 0 Å². The monoisotopic (exact) mass is 470 g/mol. The van der Waals surface area contributed by atoms with Crippen molar-refractivity contribution in [1.29, 1.82) is 0 Å². The number of amides is 1. The summed E-state index contributed by atoms with van der Waals surface area (Å²) in [5.41, 5.74) is 0.980. The van der Waals surface area contributed by atoms with Crippen LogP contribution in [0.4, 0.5) is 4.39 Å². The fraction of sp³-hybridized carbons (Fsp3) is 0.333. The molecule has 0 unspecified atom stereocenters. The second kappa shape index (κ2) is 10.5. The van der Waals surface area contributed by atoms with Crippen LogP contribution in [0.15, 0.2) is 41.3 Å². The molecule has 0 radical (unpaired) electrons. The molecule has 0 spiro atoms. The number of likely N-dealkylation sites (tertiary alicyclic amines) is 1. The van der Waals surface area contributed by atoms with E-state index in [4.69, 9.17) is 28.3 Å². The van der Waals surface area contributed by atoms with Crippen molar-refractivity contribution in [3.05, 3.63) is 63.4 Å². The molecule has 2 N–H and O–H groups in total. The second-order valence-corrected chi connectivity index (χ2v) is 8.94. The summed E-state index contributed by atoms with van der Waals surface area (Å²) in [5.74, 6) is -1.91. The van der Waals surface area contributed by atoms with E-state index in [-0.39, 0.29) is 28.2 Å². The number of halogens is 3. The summed E-state index contributed by atoms with van der Waals surface area (Å²) in [7, 11) is 0. The number of thioether (sulfide) groups is 1. The summed E-state index contributed by atoms with van der Waals surface area (Å²) in [6.45, 7) is 2.48. The van der Waals surface area contributed by atoms with Gasteiger partial charge in [-0.1, -0.05) is 29.3 Å². The van der Waals surface area contributed by atoms with Gasteiger partial charge in [-0.2, -0.15) is 0 Å². The van der Waals surface area contributed by atoms with Gasteiger partial charge in [-0.05, 0) is 48.7 Å². The highest BCUT2D eigenvalue weighted by Gasteiger charge is 2.21. The molecular weight excluding hydrogens is 450 g/mol. The number of nitrogens with one attached hydrogen (secondary N) is 1. The Bertz CT molecular complexity index is 936. The maximum absolute atomic E-state index is 14.0. The summed E-state index contributed by atoms with van der Waals surface area (Å²) in [5, 5.41) is 13.0. The number of hydrogen-bond donors (Lipinski definition) is 2. The molecule has 0 atom stereocenters. The summed E-state index contributed by atoms with van der Waals surface area (Å²) >= 11 is 13.1. The van der Waals surface area contributed by atoms with Crippen LogP contribution in [0, 0.1) is 5.82 Å². The number of benzene rings is 2. The van der Waals surface area contributed by atoms with E-state index in [9.17, 15) is 14.0 Å². The average Bonchev–Trinajstić information content (AvgIpc) is 2.71. The molecule has 160 valence electrons. The molecule has 9 heteroatoms. The number of carbonyl (C=O) groups excluding carboxylic acids is 1. The first-order chi connectivity index (χ1) is 14.3. The molecule has 0 aliphatic carbocycles. The lowest BCUT2D eigenvalue weighted by Gasteiger charge is -2.32. The Hall–Kier alpha value is -1.80. The van der Waals surface area contributed by atoms with E-state index in [2.05, 4.69) is 10.2 Å². The fourth-order valence-electron chi connectivity index (χ4n) is 3.30. The van der Waals surface area contributed by atoms with Gasteiger partial charge in [0.15, 0.2) is 0 Å². The van der Waals surface area contributed by atoms with E-state index in [1.54, 1.807) is 6.07 Å². The highest BCUT2D eigenvalue weighted by Crippen LogP contribution is 2.25. The van der Waals surface area contributed by atoms with Gasteiger partial charge in [0.1, 0.15) is 5.82 Å². The van der Waals surface area contributed by atoms with Crippen molar-refractivity contribution < 1.29 is 19.1 Å². The molecule has 1 amide bonds. The SMILES string of the molecule is O=C(CSc1ccc(C(=O)O)cc1F)NC1CCN(Cc2ccc(Cl)c(Cl)c2)CC1. The number of carbonyl (C=O) groups is 2. The van der Waals surface area contributed by atoms with E-state index >= 15 is 0 Å². The van der Waals surface area contributed by atoms with Crippen LogP contribution in [-0.4, -0.2) is 46.8 Å². The molecule has 1 aliphatic heterocycles. The number of carboxylic acid groups (broad SMARTS) is 1. The van der Waals surface area contributed by atoms with E-state index in [1.165, 1.54) is 12.1 Å². The molecule has 2 aromatic carbocycles. The van der Waals surface area contributed by atoms with Crippen LogP contribution in [0.25, 0.3) is 0 Å². The average molecular weight is 471 g/mol. The van der Waals surface area contributed by atoms with Gasteiger partial charge in [0.2, 0.25) is 5.91 Å². The zero-order valence-corrected chi connectivity index (χ0v) is 18.4. The fourth-order valence-corrected chi connectivity index (χ4v) is 4.35. The van der Waals surface area contributed by atoms with E-state index in [1.807, 2.05) is 12.1 Å². The Labute approximate surface area is 188 Å². The van der Waals surface area contributed by atoms with Crippen molar-refractivity contribution in [2.45, 2.75) is 30.3 Å². The minimum absolute atomic E-state index is 0.0762. The zero-order valence-electron chi connectivity index (χ0n) is 16.0. The van der Waals surface area contributed by atoms with Crippen molar-refractivity contribution >= 4 is 46.8 Å². The van der Waals surface area contributed by atoms with Crippen LogP contribution >= 0.6 is 35.0 Å². The summed E-state index contributed by atoms with van der Waals surface area (Å²) in [4.78, 5) is 25.6. The van der Waals surface area contributed by atoms with E-state index < -0.39 is 11.8 Å². The minimum atomic E-state index is -1.19. The Morgan fingerprint density at radius 2 is 1.87 bits per heavy atom. The van der Waals surface area contributed by atoms with E-state index in [0.29, 0.717) is 10.0 Å². The molecule has 0 bridgehead atoms. The van der Waals surface area contributed by atoms with Crippen molar-refractivity contribution in [3.8, 4) is 0 Å². The molecule has 5 nitrogen and oxygen atoms in total. The van der Waals surface area contributed by atoms with Crippen molar-refractivity contribution in [2.75, 3.05) is 18.8 Å². The number of piperidine rings is 1. The van der Waals surface area contributed by atoms with Gasteiger partial charge in [-0.25, -0.2) is 9.18 Å². The predicted molar refractivity (Wildman–Crippen MR) is 117 cm³/mol. The molecule has 3 rings (SSSR count). The van der Waals surface area contributed by atoms with Crippen LogP contribution in [0.3, 0.4) is 0 Å². The first-order valence-corrected chi connectivity index (χ1v) is 11.2. The van der Waals surface area contributed by atoms with Gasteiger partial charge < -0.3 is 10.4 Å². The molecule has 0 saturated carbocycles. The van der Waals surface area contributed by atoms with Crippen molar-refractivity contribution in [1.82, 2.24) is 10.2 Å². The molecule has 2 aromatic rings. The second-order valence-electron chi connectivity index (χ2n) is 7.11. The number of nitrogens with zero attached hydrogens (tertiary/aromatic N) is 1. The third-order valence-corrected chi connectivity index (χ3v) is 6.67. The van der Waals surface area contributed by atoms with Gasteiger partial charge >= 0.3 is 5.97 Å². The Morgan fingerprint density at radius 3 is 2.50 bits per heavy atom. The highest BCUT2D eigenvalue weighted by atomic mass is 35.5. The standard InChI is InChI=1S/C21H21Cl2FN2O3S/c22-16-3-1-13(9-17(16)23)11-26-7-5-15(6-8-26)25-20(27)12-30-19-4-2-14(21(28)29)10-18(19)24/h1-4,9-10,15H,5-8,11-12H2,(H,25,27)(H,28,29). The summed E-state index contributed by atoms with van der Waals surface area (Å²) in [6, 6.07) is 9.39. The number of carboxylic acids is 1. The molecular formula is C21H21Cl2FN2O3S. The van der Waals surface area contributed by atoms with Crippen LogP contribution in [0.1, 0.15) is 28.8 Å². The molecule has 0 aromatic heterocycles. The van der Waals surface area contributed by atoms with E-state index in [0.717, 1.165) is 55.9 Å². The Kier molecular flexibility index (Phi) is 7.99. The van der Waals surface area contributed by atoms with Gasteiger partial charge in [0.05, 0.1) is 21.4 Å². The topological polar surface area (TPSA) is 69.6 Å². The van der Waals surface area contributed by atoms with Crippen LogP contribution < -0.4 is 5.32 Å². The maximum atomic E-state index is 14.0. The smallest absolute Gasteiger partial charge is 0.335 e. The van der Waals surface area contributed by atoms with Crippen LogP contribution in [0.2, 0.25) is 10.0 Å². The first kappa shape index (κ1) is 22.9. The third kappa shape index (κ3) is 6.35. The zero-order chi connectivity index (χ0) is 21.7. The predicted octanol–water partition coefficient (Wildman–Crippen LogP) is 4.70. The Balaban J connectivity index is 1.42.